The number of aromatic amines is 1. The summed E-state index contributed by atoms with van der Waals surface area (Å²) >= 11 is 0. The van der Waals surface area contributed by atoms with Crippen LogP contribution in [0.5, 0.6) is 0 Å². The quantitative estimate of drug-likeness (QED) is 0.652. The normalized spacial score (nSPS) is 10.6. The van der Waals surface area contributed by atoms with Gasteiger partial charge >= 0.3 is 0 Å². The van der Waals surface area contributed by atoms with E-state index in [1.165, 1.54) is 6.33 Å². The first-order valence-electron chi connectivity index (χ1n) is 3.27. The van der Waals surface area contributed by atoms with E-state index in [1.807, 2.05) is 0 Å². The molecule has 0 bridgehead atoms. The Morgan fingerprint density at radius 1 is 1.45 bits per heavy atom. The van der Waals surface area contributed by atoms with Crippen molar-refractivity contribution in [3.8, 4) is 0 Å². The molecular weight excluding hydrogens is 142 g/mol. The summed E-state index contributed by atoms with van der Waals surface area (Å²) in [4.78, 5) is 10.8. The molecule has 0 aliphatic heterocycles. The van der Waals surface area contributed by atoms with E-state index in [4.69, 9.17) is 0 Å². The third-order valence-corrected chi connectivity index (χ3v) is 1.57. The van der Waals surface area contributed by atoms with Crippen LogP contribution in [-0.4, -0.2) is 15.0 Å². The number of hydrogen-bond donors (Lipinski definition) is 1. The van der Waals surface area contributed by atoms with Crippen molar-refractivity contribution < 1.29 is 5.11 Å². The Bertz CT molecular complexity index is 368. The summed E-state index contributed by atoms with van der Waals surface area (Å²) in [5, 5.41) is 10.6. The highest BCUT2D eigenvalue weighted by atomic mass is 16.3. The summed E-state index contributed by atoms with van der Waals surface area (Å²) in [7, 11) is 0. The molecule has 0 aromatic carbocycles. The molecule has 4 heteroatoms. The highest BCUT2D eigenvalue weighted by molar-refractivity contribution is 5.73. The average Bonchev–Trinajstić information content (AvgIpc) is 2.50. The second-order valence-corrected chi connectivity index (χ2v) is 2.22. The van der Waals surface area contributed by atoms with E-state index in [1.54, 1.807) is 12.3 Å². The minimum atomic E-state index is -0.235. The molecule has 11 heavy (non-hydrogen) atoms. The predicted octanol–water partition coefficient (Wildman–Crippen LogP) is 0.888. The van der Waals surface area contributed by atoms with E-state index in [0.717, 1.165) is 5.52 Å². The number of nitrogens with zero attached hydrogens (tertiary/aromatic N) is 2. The molecular formula is C7H6N3O. The number of fused-ring (bicyclic) bond motifs is 1. The highest BCUT2D eigenvalue weighted by Gasteiger charge is 2.01. The van der Waals surface area contributed by atoms with Crippen LogP contribution in [0.15, 0.2) is 18.6 Å². The zero-order valence-corrected chi connectivity index (χ0v) is 5.74. The topological polar surface area (TPSA) is 61.5 Å². The summed E-state index contributed by atoms with van der Waals surface area (Å²) in [6, 6.07) is 1.70. The fourth-order valence-corrected chi connectivity index (χ4v) is 1.02. The van der Waals surface area contributed by atoms with Crippen LogP contribution in [0.2, 0.25) is 0 Å². The van der Waals surface area contributed by atoms with Gasteiger partial charge in [0.2, 0.25) is 0 Å². The molecule has 0 saturated carbocycles. The Morgan fingerprint density at radius 3 is 3.18 bits per heavy atom. The lowest BCUT2D eigenvalue weighted by atomic mass is 10.2. The van der Waals surface area contributed by atoms with Crippen LogP contribution in [-0.2, 0) is 11.7 Å². The van der Waals surface area contributed by atoms with Crippen LogP contribution in [0.4, 0.5) is 0 Å². The van der Waals surface area contributed by atoms with Crippen LogP contribution < -0.4 is 0 Å². The average molecular weight is 148 g/mol. The Morgan fingerprint density at radius 2 is 2.36 bits per heavy atom. The highest BCUT2D eigenvalue weighted by Crippen LogP contribution is 2.10. The zero-order chi connectivity index (χ0) is 7.68. The molecule has 0 aliphatic carbocycles. The van der Waals surface area contributed by atoms with Gasteiger partial charge in [0.25, 0.3) is 0 Å². The second kappa shape index (κ2) is 2.32. The molecule has 4 nitrogen and oxygen atoms in total. The first-order valence-corrected chi connectivity index (χ1v) is 3.27. The van der Waals surface area contributed by atoms with Crippen LogP contribution in [0, 0.1) is 0 Å². The SMILES string of the molecule is [O]Cc1ccnc2nc[nH]c12. The van der Waals surface area contributed by atoms with Crippen molar-refractivity contribution in [3.63, 3.8) is 0 Å². The van der Waals surface area contributed by atoms with Gasteiger partial charge in [-0.15, -0.1) is 0 Å². The van der Waals surface area contributed by atoms with Crippen LogP contribution in [0.3, 0.4) is 0 Å². The molecule has 0 aliphatic rings. The van der Waals surface area contributed by atoms with Gasteiger partial charge < -0.3 is 4.98 Å². The fourth-order valence-electron chi connectivity index (χ4n) is 1.02. The summed E-state index contributed by atoms with van der Waals surface area (Å²) in [5.41, 5.74) is 2.08. The fraction of sp³-hybridized carbons (Fsp3) is 0.143. The maximum absolute atomic E-state index is 10.6. The van der Waals surface area contributed by atoms with Crippen LogP contribution in [0.25, 0.3) is 11.2 Å². The van der Waals surface area contributed by atoms with Gasteiger partial charge in [0.15, 0.2) is 5.65 Å². The molecule has 0 unspecified atom stereocenters. The molecule has 0 atom stereocenters. The number of nitrogens with one attached hydrogen (secondary N) is 1. The Hall–Kier alpha value is -1.42. The van der Waals surface area contributed by atoms with Gasteiger partial charge in [-0.1, -0.05) is 0 Å². The van der Waals surface area contributed by atoms with Crippen molar-refractivity contribution in [1.29, 1.82) is 0 Å². The van der Waals surface area contributed by atoms with Crippen molar-refractivity contribution >= 4 is 11.2 Å². The van der Waals surface area contributed by atoms with E-state index < -0.39 is 0 Å². The molecule has 0 spiro atoms. The van der Waals surface area contributed by atoms with E-state index in [9.17, 15) is 5.11 Å². The molecule has 2 aromatic heterocycles. The lowest BCUT2D eigenvalue weighted by Crippen LogP contribution is -1.85. The minimum absolute atomic E-state index is 0.235. The summed E-state index contributed by atoms with van der Waals surface area (Å²) < 4.78 is 0. The molecule has 0 fully saturated rings. The molecule has 55 valence electrons. The molecule has 2 aromatic rings. The summed E-state index contributed by atoms with van der Waals surface area (Å²) in [5.74, 6) is 0. The number of rotatable bonds is 1. The van der Waals surface area contributed by atoms with E-state index in [-0.39, 0.29) is 6.61 Å². The predicted molar refractivity (Wildman–Crippen MR) is 38.3 cm³/mol. The van der Waals surface area contributed by atoms with Gasteiger partial charge in [0.1, 0.15) is 6.61 Å². The Balaban J connectivity index is 2.79. The number of aromatic nitrogens is 3. The second-order valence-electron chi connectivity index (χ2n) is 2.22. The molecule has 1 N–H and O–H groups in total. The van der Waals surface area contributed by atoms with Gasteiger partial charge in [-0.25, -0.2) is 15.1 Å². The third-order valence-electron chi connectivity index (χ3n) is 1.57. The summed E-state index contributed by atoms with van der Waals surface area (Å²) in [6.07, 6.45) is 3.13. The molecule has 1 radical (unpaired) electrons. The van der Waals surface area contributed by atoms with Crippen molar-refractivity contribution in [2.75, 3.05) is 0 Å². The lowest BCUT2D eigenvalue weighted by molar-refractivity contribution is 0.178. The number of pyridine rings is 1. The monoisotopic (exact) mass is 148 g/mol. The van der Waals surface area contributed by atoms with Crippen molar-refractivity contribution in [3.05, 3.63) is 24.2 Å². The Kier molecular flexibility index (Phi) is 1.33. The lowest BCUT2D eigenvalue weighted by Gasteiger charge is -1.93. The first kappa shape index (κ1) is 6.30. The third kappa shape index (κ3) is 0.877. The van der Waals surface area contributed by atoms with Crippen molar-refractivity contribution in [2.45, 2.75) is 6.61 Å². The summed E-state index contributed by atoms with van der Waals surface area (Å²) in [6.45, 7) is -0.235. The first-order chi connectivity index (χ1) is 5.42. The Labute approximate surface area is 62.9 Å². The van der Waals surface area contributed by atoms with Gasteiger partial charge in [-0.2, -0.15) is 0 Å². The van der Waals surface area contributed by atoms with Gasteiger partial charge in [0.05, 0.1) is 11.8 Å². The molecule has 2 heterocycles. The van der Waals surface area contributed by atoms with Crippen LogP contribution >= 0.6 is 0 Å². The maximum Gasteiger partial charge on any atom is 0.177 e. The van der Waals surface area contributed by atoms with E-state index in [2.05, 4.69) is 15.0 Å². The van der Waals surface area contributed by atoms with Gasteiger partial charge in [-0.05, 0) is 6.07 Å². The molecule has 0 saturated heterocycles. The number of imidazole rings is 1. The number of H-pyrrole nitrogens is 1. The van der Waals surface area contributed by atoms with Crippen molar-refractivity contribution in [2.24, 2.45) is 0 Å². The van der Waals surface area contributed by atoms with Gasteiger partial charge in [-0.3, -0.25) is 0 Å². The molecule has 0 amide bonds. The van der Waals surface area contributed by atoms with Crippen molar-refractivity contribution in [1.82, 2.24) is 15.0 Å². The smallest absolute Gasteiger partial charge is 0.177 e. The van der Waals surface area contributed by atoms with Gasteiger partial charge in [0, 0.05) is 11.8 Å². The van der Waals surface area contributed by atoms with Crippen LogP contribution in [0.1, 0.15) is 5.56 Å². The van der Waals surface area contributed by atoms with E-state index >= 15 is 0 Å². The standard InChI is InChI=1S/C7H6N3O/c11-3-5-1-2-8-7-6(5)9-4-10-7/h1-2,4H,3H2,(H,8,9,10). The number of hydrogen-bond acceptors (Lipinski definition) is 2. The zero-order valence-electron chi connectivity index (χ0n) is 5.74. The molecule has 2 rings (SSSR count). The largest absolute Gasteiger partial charge is 0.343 e. The minimum Gasteiger partial charge on any atom is -0.343 e. The maximum atomic E-state index is 10.6. The van der Waals surface area contributed by atoms with E-state index in [0.29, 0.717) is 11.2 Å².